The highest BCUT2D eigenvalue weighted by atomic mass is 16.6. The van der Waals surface area contributed by atoms with Crippen molar-refractivity contribution in [1.29, 1.82) is 0 Å². The summed E-state index contributed by atoms with van der Waals surface area (Å²) < 4.78 is 23.1. The van der Waals surface area contributed by atoms with Crippen molar-refractivity contribution in [3.05, 3.63) is 29.8 Å². The number of benzene rings is 1. The van der Waals surface area contributed by atoms with Crippen LogP contribution in [0.2, 0.25) is 0 Å². The maximum absolute atomic E-state index is 12.1. The van der Waals surface area contributed by atoms with E-state index in [0.29, 0.717) is 6.61 Å². The van der Waals surface area contributed by atoms with Gasteiger partial charge >= 0.3 is 5.97 Å². The fourth-order valence-corrected chi connectivity index (χ4v) is 4.18. The van der Waals surface area contributed by atoms with Gasteiger partial charge in [0, 0.05) is 5.92 Å². The number of carbonyl (C=O) groups excluding carboxylic acids is 1. The predicted molar refractivity (Wildman–Crippen MR) is 94.7 cm³/mol. The van der Waals surface area contributed by atoms with Crippen molar-refractivity contribution >= 4 is 5.97 Å². The van der Waals surface area contributed by atoms with Crippen molar-refractivity contribution in [1.82, 2.24) is 0 Å². The van der Waals surface area contributed by atoms with Crippen LogP contribution in [0.4, 0.5) is 0 Å². The van der Waals surface area contributed by atoms with Crippen LogP contribution >= 0.6 is 0 Å². The highest BCUT2D eigenvalue weighted by Gasteiger charge is 2.60. The third-order valence-electron chi connectivity index (χ3n) is 5.74. The minimum absolute atomic E-state index is 0.104. The summed E-state index contributed by atoms with van der Waals surface area (Å²) in [7, 11) is 1.63. The second kappa shape index (κ2) is 7.18. The van der Waals surface area contributed by atoms with Crippen LogP contribution in [0.1, 0.15) is 33.3 Å². The standard InChI is InChI=1S/C20H28O6/c1-11-16(24-10-14-6-8-15(23-5)9-7-14)13(3)26-20(4)17(21)12(2)19(22)25-18(11)20/h6-9,11-13,16-18,21H,10H2,1-5H3/t11-,12-,13+,16-,17-,18+,20-/m1/s1. The van der Waals surface area contributed by atoms with Crippen molar-refractivity contribution in [2.24, 2.45) is 11.8 Å². The fraction of sp³-hybridized carbons (Fsp3) is 0.650. The molecule has 2 aliphatic rings. The number of aliphatic hydroxyl groups excluding tert-OH is 1. The van der Waals surface area contributed by atoms with E-state index in [1.54, 1.807) is 14.0 Å². The van der Waals surface area contributed by atoms with Crippen LogP contribution in [0, 0.1) is 11.8 Å². The molecular formula is C20H28O6. The second-order valence-corrected chi connectivity index (χ2v) is 7.58. The Kier molecular flexibility index (Phi) is 5.28. The first-order valence-electron chi connectivity index (χ1n) is 9.09. The lowest BCUT2D eigenvalue weighted by Crippen LogP contribution is -2.69. The van der Waals surface area contributed by atoms with E-state index >= 15 is 0 Å². The summed E-state index contributed by atoms with van der Waals surface area (Å²) in [5, 5.41) is 10.6. The quantitative estimate of drug-likeness (QED) is 0.827. The van der Waals surface area contributed by atoms with E-state index in [9.17, 15) is 9.90 Å². The maximum atomic E-state index is 12.1. The largest absolute Gasteiger partial charge is 0.497 e. The first kappa shape index (κ1) is 19.1. The van der Waals surface area contributed by atoms with E-state index in [2.05, 4.69) is 0 Å². The lowest BCUT2D eigenvalue weighted by Gasteiger charge is -2.55. The molecule has 0 spiro atoms. The van der Waals surface area contributed by atoms with E-state index in [0.717, 1.165) is 11.3 Å². The van der Waals surface area contributed by atoms with E-state index < -0.39 is 23.7 Å². The SMILES string of the molecule is COc1ccc(CO[C@@H]2[C@@H](C)[C@@H]3OC(=O)[C@H](C)[C@@H](O)[C@@]3(C)O[C@H]2C)cc1. The third kappa shape index (κ3) is 3.21. The Morgan fingerprint density at radius 2 is 1.85 bits per heavy atom. The molecule has 2 heterocycles. The molecule has 0 radical (unpaired) electrons. The zero-order valence-corrected chi connectivity index (χ0v) is 16.0. The fourth-order valence-electron chi connectivity index (χ4n) is 4.18. The van der Waals surface area contributed by atoms with Crippen molar-refractivity contribution in [2.75, 3.05) is 7.11 Å². The average Bonchev–Trinajstić information content (AvgIpc) is 2.62. The number of hydrogen-bond acceptors (Lipinski definition) is 6. The van der Waals surface area contributed by atoms with Crippen LogP contribution in [0.25, 0.3) is 0 Å². The summed E-state index contributed by atoms with van der Waals surface area (Å²) in [5.41, 5.74) is 0.0967. The van der Waals surface area contributed by atoms with Crippen LogP contribution in [0.5, 0.6) is 5.75 Å². The number of aliphatic hydroxyl groups is 1. The normalized spacial score (nSPS) is 39.8. The van der Waals surface area contributed by atoms with Gasteiger partial charge in [0.2, 0.25) is 0 Å². The average molecular weight is 364 g/mol. The van der Waals surface area contributed by atoms with Gasteiger partial charge in [0.05, 0.1) is 37.9 Å². The number of methoxy groups -OCH3 is 1. The van der Waals surface area contributed by atoms with Crippen LogP contribution in [0.3, 0.4) is 0 Å². The maximum Gasteiger partial charge on any atom is 0.311 e. The Hall–Kier alpha value is -1.63. The van der Waals surface area contributed by atoms with E-state index in [-0.39, 0.29) is 24.1 Å². The summed E-state index contributed by atoms with van der Waals surface area (Å²) in [6.45, 7) is 7.82. The molecular weight excluding hydrogens is 336 g/mol. The second-order valence-electron chi connectivity index (χ2n) is 7.58. The van der Waals surface area contributed by atoms with Crippen LogP contribution in [0.15, 0.2) is 24.3 Å². The topological polar surface area (TPSA) is 74.2 Å². The molecule has 0 bridgehead atoms. The summed E-state index contributed by atoms with van der Waals surface area (Å²) in [5.74, 6) is -0.302. The molecule has 0 amide bonds. The molecule has 6 heteroatoms. The molecule has 1 aromatic rings. The number of ether oxygens (including phenoxy) is 4. The monoisotopic (exact) mass is 364 g/mol. The molecule has 26 heavy (non-hydrogen) atoms. The Morgan fingerprint density at radius 1 is 1.19 bits per heavy atom. The number of hydrogen-bond donors (Lipinski definition) is 1. The summed E-state index contributed by atoms with van der Waals surface area (Å²) in [6, 6.07) is 7.68. The van der Waals surface area contributed by atoms with Gasteiger partial charge in [-0.3, -0.25) is 4.79 Å². The van der Waals surface area contributed by atoms with Crippen LogP contribution in [-0.2, 0) is 25.6 Å². The molecule has 6 nitrogen and oxygen atoms in total. The highest BCUT2D eigenvalue weighted by molar-refractivity contribution is 5.74. The van der Waals surface area contributed by atoms with E-state index in [1.165, 1.54) is 0 Å². The van der Waals surface area contributed by atoms with Gasteiger partial charge in [0.25, 0.3) is 0 Å². The molecule has 0 saturated carbocycles. The van der Waals surface area contributed by atoms with Crippen LogP contribution < -0.4 is 4.74 Å². The Bertz CT molecular complexity index is 644. The Labute approximate surface area is 154 Å². The molecule has 144 valence electrons. The van der Waals surface area contributed by atoms with Crippen molar-refractivity contribution < 1.29 is 28.8 Å². The van der Waals surface area contributed by atoms with Gasteiger partial charge < -0.3 is 24.1 Å². The number of rotatable bonds is 4. The lowest BCUT2D eigenvalue weighted by atomic mass is 9.73. The highest BCUT2D eigenvalue weighted by Crippen LogP contribution is 2.44. The molecule has 2 fully saturated rings. The van der Waals surface area contributed by atoms with Gasteiger partial charge in [-0.25, -0.2) is 0 Å². The van der Waals surface area contributed by atoms with Crippen molar-refractivity contribution in [3.8, 4) is 5.75 Å². The minimum Gasteiger partial charge on any atom is -0.497 e. The molecule has 2 aliphatic heterocycles. The van der Waals surface area contributed by atoms with E-state index in [4.69, 9.17) is 18.9 Å². The molecule has 3 rings (SSSR count). The smallest absolute Gasteiger partial charge is 0.311 e. The molecule has 0 aromatic heterocycles. The van der Waals surface area contributed by atoms with Gasteiger partial charge in [-0.05, 0) is 38.5 Å². The van der Waals surface area contributed by atoms with E-state index in [1.807, 2.05) is 45.0 Å². The molecule has 2 saturated heterocycles. The van der Waals surface area contributed by atoms with Crippen molar-refractivity contribution in [2.45, 2.75) is 64.3 Å². The molecule has 1 N–H and O–H groups in total. The molecule has 0 aliphatic carbocycles. The zero-order valence-electron chi connectivity index (χ0n) is 16.0. The number of fused-ring (bicyclic) bond motifs is 1. The summed E-state index contributed by atoms with van der Waals surface area (Å²) >= 11 is 0. The van der Waals surface area contributed by atoms with Crippen molar-refractivity contribution in [3.63, 3.8) is 0 Å². The van der Waals surface area contributed by atoms with Gasteiger partial charge in [-0.1, -0.05) is 19.1 Å². The Morgan fingerprint density at radius 3 is 2.46 bits per heavy atom. The minimum atomic E-state index is -0.924. The van der Waals surface area contributed by atoms with Crippen LogP contribution in [-0.4, -0.2) is 48.2 Å². The summed E-state index contributed by atoms with van der Waals surface area (Å²) in [6.07, 6.45) is -1.92. The third-order valence-corrected chi connectivity index (χ3v) is 5.74. The Balaban J connectivity index is 1.72. The number of carbonyl (C=O) groups is 1. The molecule has 1 aromatic carbocycles. The van der Waals surface area contributed by atoms with Gasteiger partial charge in [0.15, 0.2) is 0 Å². The molecule has 7 atom stereocenters. The van der Waals surface area contributed by atoms with Gasteiger partial charge in [-0.2, -0.15) is 0 Å². The van der Waals surface area contributed by atoms with Gasteiger partial charge in [0.1, 0.15) is 17.5 Å². The summed E-state index contributed by atoms with van der Waals surface area (Å²) in [4.78, 5) is 12.1. The molecule has 0 unspecified atom stereocenters. The first-order chi connectivity index (χ1) is 12.3. The number of esters is 1. The first-order valence-corrected chi connectivity index (χ1v) is 9.09. The predicted octanol–water partition coefficient (Wildman–Crippen LogP) is 2.32. The van der Waals surface area contributed by atoms with Gasteiger partial charge in [-0.15, -0.1) is 0 Å². The zero-order chi connectivity index (χ0) is 19.1. The lowest BCUT2D eigenvalue weighted by molar-refractivity contribution is -0.303.